The lowest BCUT2D eigenvalue weighted by atomic mass is 10.2. The second-order valence-corrected chi connectivity index (χ2v) is 5.39. The summed E-state index contributed by atoms with van der Waals surface area (Å²) in [5.74, 6) is 0.684. The van der Waals surface area contributed by atoms with Crippen molar-refractivity contribution in [2.24, 2.45) is 7.05 Å². The van der Waals surface area contributed by atoms with Gasteiger partial charge in [0.15, 0.2) is 5.78 Å². The minimum absolute atomic E-state index is 0.0676. The molecule has 0 aliphatic carbocycles. The maximum atomic E-state index is 11.4. The van der Waals surface area contributed by atoms with Crippen LogP contribution < -0.4 is 5.32 Å². The molecule has 0 atom stereocenters. The summed E-state index contributed by atoms with van der Waals surface area (Å²) in [7, 11) is 1.82. The number of aryl methyl sites for hydroxylation is 1. The van der Waals surface area contributed by atoms with Gasteiger partial charge in [0.1, 0.15) is 17.1 Å². The van der Waals surface area contributed by atoms with Gasteiger partial charge in [0, 0.05) is 33.1 Å². The number of ketones is 1. The number of hydrogen-bond acceptors (Lipinski definition) is 4. The van der Waals surface area contributed by atoms with Gasteiger partial charge in [-0.25, -0.2) is 9.78 Å². The molecule has 0 radical (unpaired) electrons. The zero-order chi connectivity index (χ0) is 14.6. The number of aromatic nitrogens is 2. The average molecular weight is 267 g/mol. The number of carbonyl (C=O) groups is 2. The standard InChI is InChI=1S/C13H21N3O3/c1-9(17)10-8-16(5)11(15-10)6-7-14-12(18)19-13(2,3)4/h8H,6-7H2,1-5H3,(H,14,18). The Balaban J connectivity index is 2.45. The SMILES string of the molecule is CC(=O)c1cn(C)c(CCNC(=O)OC(C)(C)C)n1. The van der Waals surface area contributed by atoms with Crippen LogP contribution in [-0.4, -0.2) is 33.6 Å². The minimum Gasteiger partial charge on any atom is -0.444 e. The van der Waals surface area contributed by atoms with E-state index in [1.165, 1.54) is 6.92 Å². The number of Topliss-reactive ketones (excluding diaryl/α,β-unsaturated/α-hetero) is 1. The van der Waals surface area contributed by atoms with Crippen LogP contribution >= 0.6 is 0 Å². The maximum absolute atomic E-state index is 11.4. The molecule has 1 rings (SSSR count). The van der Waals surface area contributed by atoms with E-state index >= 15 is 0 Å². The van der Waals surface area contributed by atoms with Gasteiger partial charge in [0.25, 0.3) is 0 Å². The van der Waals surface area contributed by atoms with E-state index in [-0.39, 0.29) is 5.78 Å². The number of ether oxygens (including phenoxy) is 1. The van der Waals surface area contributed by atoms with Gasteiger partial charge in [0.2, 0.25) is 0 Å². The van der Waals surface area contributed by atoms with E-state index in [4.69, 9.17) is 4.74 Å². The van der Waals surface area contributed by atoms with Gasteiger partial charge in [-0.05, 0) is 20.8 Å². The summed E-state index contributed by atoms with van der Waals surface area (Å²) >= 11 is 0. The average Bonchev–Trinajstić information content (AvgIpc) is 2.58. The summed E-state index contributed by atoms with van der Waals surface area (Å²) in [5, 5.41) is 2.65. The molecule has 0 aromatic carbocycles. The van der Waals surface area contributed by atoms with Crippen LogP contribution in [0.15, 0.2) is 6.20 Å². The number of rotatable bonds is 4. The fourth-order valence-electron chi connectivity index (χ4n) is 1.50. The molecule has 0 aliphatic heterocycles. The highest BCUT2D eigenvalue weighted by molar-refractivity contribution is 5.91. The first-order valence-corrected chi connectivity index (χ1v) is 6.19. The summed E-state index contributed by atoms with van der Waals surface area (Å²) in [6.45, 7) is 7.32. The van der Waals surface area contributed by atoms with Crippen molar-refractivity contribution in [2.75, 3.05) is 6.54 Å². The third-order valence-electron chi connectivity index (χ3n) is 2.35. The maximum Gasteiger partial charge on any atom is 0.407 e. The summed E-state index contributed by atoms with van der Waals surface area (Å²) in [4.78, 5) is 26.8. The first-order chi connectivity index (χ1) is 8.69. The molecule has 106 valence electrons. The third kappa shape index (κ3) is 5.11. The molecule has 1 aromatic rings. The predicted octanol–water partition coefficient (Wildman–Crippen LogP) is 1.69. The first-order valence-electron chi connectivity index (χ1n) is 6.19. The van der Waals surface area contributed by atoms with Crippen molar-refractivity contribution in [3.05, 3.63) is 17.7 Å². The van der Waals surface area contributed by atoms with Crippen LogP contribution in [0, 0.1) is 0 Å². The van der Waals surface area contributed by atoms with Crippen LogP contribution in [0.25, 0.3) is 0 Å². The van der Waals surface area contributed by atoms with E-state index in [0.29, 0.717) is 18.7 Å². The molecule has 19 heavy (non-hydrogen) atoms. The molecule has 0 unspecified atom stereocenters. The molecule has 6 nitrogen and oxygen atoms in total. The van der Waals surface area contributed by atoms with E-state index in [9.17, 15) is 9.59 Å². The minimum atomic E-state index is -0.505. The lowest BCUT2D eigenvalue weighted by molar-refractivity contribution is 0.0528. The highest BCUT2D eigenvalue weighted by Gasteiger charge is 2.16. The topological polar surface area (TPSA) is 73.2 Å². The van der Waals surface area contributed by atoms with Crippen molar-refractivity contribution in [1.82, 2.24) is 14.9 Å². The van der Waals surface area contributed by atoms with Gasteiger partial charge >= 0.3 is 6.09 Å². The van der Waals surface area contributed by atoms with Crippen molar-refractivity contribution in [2.45, 2.75) is 39.7 Å². The molecule has 1 N–H and O–H groups in total. The molecule has 0 saturated carbocycles. The predicted molar refractivity (Wildman–Crippen MR) is 71.2 cm³/mol. The van der Waals surface area contributed by atoms with E-state index in [1.54, 1.807) is 10.8 Å². The van der Waals surface area contributed by atoms with Crippen molar-refractivity contribution in [1.29, 1.82) is 0 Å². The Hall–Kier alpha value is -1.85. The molecule has 0 bridgehead atoms. The fraction of sp³-hybridized carbons (Fsp3) is 0.615. The molecule has 0 spiro atoms. The van der Waals surface area contributed by atoms with Crippen LogP contribution in [-0.2, 0) is 18.2 Å². The number of nitrogens with zero attached hydrogens (tertiary/aromatic N) is 2. The summed E-state index contributed by atoms with van der Waals surface area (Å²) in [5.41, 5.74) is -0.0653. The van der Waals surface area contributed by atoms with Gasteiger partial charge < -0.3 is 14.6 Å². The normalized spacial score (nSPS) is 11.2. The van der Waals surface area contributed by atoms with Crippen LogP contribution in [0.3, 0.4) is 0 Å². The van der Waals surface area contributed by atoms with E-state index < -0.39 is 11.7 Å². The molecule has 0 aliphatic rings. The number of imidazole rings is 1. The lowest BCUT2D eigenvalue weighted by Crippen LogP contribution is -2.33. The highest BCUT2D eigenvalue weighted by Crippen LogP contribution is 2.06. The second-order valence-electron chi connectivity index (χ2n) is 5.39. The van der Waals surface area contributed by atoms with Gasteiger partial charge in [-0.15, -0.1) is 0 Å². The molecule has 1 aromatic heterocycles. The summed E-state index contributed by atoms with van der Waals surface area (Å²) in [6.07, 6.45) is 1.78. The third-order valence-corrected chi connectivity index (χ3v) is 2.35. The van der Waals surface area contributed by atoms with Crippen molar-refractivity contribution >= 4 is 11.9 Å². The Morgan fingerprint density at radius 3 is 2.53 bits per heavy atom. The molecule has 0 saturated heterocycles. The zero-order valence-corrected chi connectivity index (χ0v) is 12.1. The Bertz CT molecular complexity index is 472. The summed E-state index contributed by atoms with van der Waals surface area (Å²) in [6, 6.07) is 0. The Morgan fingerprint density at radius 2 is 2.05 bits per heavy atom. The zero-order valence-electron chi connectivity index (χ0n) is 12.1. The Kier molecular flexibility index (Phi) is 4.69. The monoisotopic (exact) mass is 267 g/mol. The van der Waals surface area contributed by atoms with Gasteiger partial charge in [0.05, 0.1) is 0 Å². The largest absolute Gasteiger partial charge is 0.444 e. The number of amides is 1. The molecule has 0 fully saturated rings. The highest BCUT2D eigenvalue weighted by atomic mass is 16.6. The Labute approximate surface area is 113 Å². The van der Waals surface area contributed by atoms with Gasteiger partial charge in [-0.1, -0.05) is 0 Å². The van der Waals surface area contributed by atoms with Crippen molar-refractivity contribution < 1.29 is 14.3 Å². The van der Waals surface area contributed by atoms with Gasteiger partial charge in [-0.2, -0.15) is 0 Å². The molecular weight excluding hydrogens is 246 g/mol. The van der Waals surface area contributed by atoms with Gasteiger partial charge in [-0.3, -0.25) is 4.79 Å². The molecular formula is C13H21N3O3. The number of alkyl carbamates (subject to hydrolysis) is 1. The van der Waals surface area contributed by atoms with E-state index in [2.05, 4.69) is 10.3 Å². The molecule has 1 amide bonds. The number of carbonyl (C=O) groups excluding carboxylic acids is 2. The number of nitrogens with one attached hydrogen (secondary N) is 1. The van der Waals surface area contributed by atoms with Crippen molar-refractivity contribution in [3.63, 3.8) is 0 Å². The van der Waals surface area contributed by atoms with Crippen LogP contribution in [0.2, 0.25) is 0 Å². The quantitative estimate of drug-likeness (QED) is 0.842. The van der Waals surface area contributed by atoms with Crippen molar-refractivity contribution in [3.8, 4) is 0 Å². The lowest BCUT2D eigenvalue weighted by Gasteiger charge is -2.19. The van der Waals surface area contributed by atoms with Crippen LogP contribution in [0.4, 0.5) is 4.79 Å². The fourth-order valence-corrected chi connectivity index (χ4v) is 1.50. The Morgan fingerprint density at radius 1 is 1.42 bits per heavy atom. The second kappa shape index (κ2) is 5.86. The smallest absolute Gasteiger partial charge is 0.407 e. The summed E-state index contributed by atoms with van der Waals surface area (Å²) < 4.78 is 6.90. The first kappa shape index (κ1) is 15.2. The van der Waals surface area contributed by atoms with Crippen LogP contribution in [0.1, 0.15) is 44.0 Å². The van der Waals surface area contributed by atoms with E-state index in [1.807, 2.05) is 27.8 Å². The van der Waals surface area contributed by atoms with E-state index in [0.717, 1.165) is 5.82 Å². The molecule has 6 heteroatoms. The number of hydrogen-bond donors (Lipinski definition) is 1. The molecule has 1 heterocycles. The van der Waals surface area contributed by atoms with Crippen LogP contribution in [0.5, 0.6) is 0 Å².